The molecule has 0 unspecified atom stereocenters. The second kappa shape index (κ2) is 7.67. The van der Waals surface area contributed by atoms with Gasteiger partial charge in [0.15, 0.2) is 0 Å². The van der Waals surface area contributed by atoms with E-state index in [0.29, 0.717) is 11.3 Å². The van der Waals surface area contributed by atoms with Gasteiger partial charge in [-0.05, 0) is 30.5 Å². The van der Waals surface area contributed by atoms with Gasteiger partial charge in [0.25, 0.3) is 0 Å². The maximum absolute atomic E-state index is 13.8. The lowest BCUT2D eigenvalue weighted by molar-refractivity contribution is 0.582. The molecule has 0 amide bonds. The molecule has 0 aliphatic carbocycles. The van der Waals surface area contributed by atoms with E-state index in [2.05, 4.69) is 16.7 Å². The Bertz CT molecular complexity index is 982. The van der Waals surface area contributed by atoms with Gasteiger partial charge < -0.3 is 0 Å². The molecule has 0 saturated heterocycles. The fraction of sp³-hybridized carbons (Fsp3) is 0.111. The molecule has 0 atom stereocenters. The molecule has 3 aromatic rings. The zero-order valence-electron chi connectivity index (χ0n) is 13.4. The maximum atomic E-state index is 13.8. The quantitative estimate of drug-likeness (QED) is 0.448. The van der Waals surface area contributed by atoms with Crippen LogP contribution in [0.5, 0.6) is 0 Å². The van der Waals surface area contributed by atoms with Crippen molar-refractivity contribution in [2.45, 2.75) is 6.92 Å². The zero-order valence-corrected chi connectivity index (χ0v) is 15.1. The Labute approximate surface area is 151 Å². The molecule has 0 N–H and O–H groups in total. The number of hydrogen-bond acceptors (Lipinski definition) is 4. The molecule has 25 heavy (non-hydrogen) atoms. The Hall–Kier alpha value is -2.38. The highest BCUT2D eigenvalue weighted by atomic mass is 32.1. The Balaban J connectivity index is 2.06. The minimum Gasteiger partial charge on any atom is -0.253 e. The van der Waals surface area contributed by atoms with Gasteiger partial charge >= 0.3 is 0 Å². The van der Waals surface area contributed by atoms with E-state index in [9.17, 15) is 8.78 Å². The average Bonchev–Trinajstić information content (AvgIpc) is 3.21. The first-order valence-electron chi connectivity index (χ1n) is 7.43. The van der Waals surface area contributed by atoms with Crippen LogP contribution in [0.25, 0.3) is 10.6 Å². The summed E-state index contributed by atoms with van der Waals surface area (Å²) in [6, 6.07) is 7.34. The molecular formula is C18H15F2N3S2. The first-order chi connectivity index (χ1) is 12.0. The van der Waals surface area contributed by atoms with Gasteiger partial charge in [-0.1, -0.05) is 18.2 Å². The fourth-order valence-corrected chi connectivity index (χ4v) is 3.67. The summed E-state index contributed by atoms with van der Waals surface area (Å²) in [5.74, 6) is -1.27. The second-order valence-electron chi connectivity index (χ2n) is 5.38. The van der Waals surface area contributed by atoms with Crippen LogP contribution in [0.15, 0.2) is 63.3 Å². The van der Waals surface area contributed by atoms with Gasteiger partial charge in [-0.3, -0.25) is 4.99 Å². The van der Waals surface area contributed by atoms with Crippen LogP contribution in [0.4, 0.5) is 8.78 Å². The highest BCUT2D eigenvalue weighted by Gasteiger charge is 2.09. The molecule has 3 rings (SSSR count). The van der Waals surface area contributed by atoms with Crippen LogP contribution >= 0.6 is 22.7 Å². The lowest BCUT2D eigenvalue weighted by Crippen LogP contribution is -2.12. The summed E-state index contributed by atoms with van der Waals surface area (Å²) in [7, 11) is 0. The summed E-state index contributed by atoms with van der Waals surface area (Å²) in [5.41, 5.74) is 2.02. The second-order valence-corrected chi connectivity index (χ2v) is 7.16. The summed E-state index contributed by atoms with van der Waals surface area (Å²) in [6.07, 6.45) is 1.37. The van der Waals surface area contributed by atoms with Crippen molar-refractivity contribution in [3.8, 4) is 10.6 Å². The predicted molar refractivity (Wildman–Crippen MR) is 100 cm³/mol. The van der Waals surface area contributed by atoms with E-state index >= 15 is 0 Å². The van der Waals surface area contributed by atoms with Gasteiger partial charge in [0.1, 0.15) is 11.6 Å². The molecule has 0 aliphatic rings. The lowest BCUT2D eigenvalue weighted by Gasteiger charge is -2.02. The van der Waals surface area contributed by atoms with E-state index in [4.69, 9.17) is 0 Å². The number of benzene rings is 1. The largest absolute Gasteiger partial charge is 0.253 e. The number of halogens is 2. The van der Waals surface area contributed by atoms with Crippen LogP contribution in [-0.2, 0) is 0 Å². The average molecular weight is 375 g/mol. The number of thiazole rings is 1. The van der Waals surface area contributed by atoms with Crippen LogP contribution in [0.1, 0.15) is 12.5 Å². The first kappa shape index (κ1) is 17.4. The highest BCUT2D eigenvalue weighted by Crippen LogP contribution is 2.25. The minimum absolute atomic E-state index is 0.211. The van der Waals surface area contributed by atoms with Crippen molar-refractivity contribution in [1.82, 2.24) is 4.68 Å². The summed E-state index contributed by atoms with van der Waals surface area (Å²) in [6.45, 7) is 6.24. The van der Waals surface area contributed by atoms with Crippen molar-refractivity contribution in [1.29, 1.82) is 0 Å². The van der Waals surface area contributed by atoms with Crippen LogP contribution in [0.3, 0.4) is 0 Å². The summed E-state index contributed by atoms with van der Waals surface area (Å²) < 4.78 is 28.5. The number of nitrogens with zero attached hydrogens (tertiary/aromatic N) is 3. The van der Waals surface area contributed by atoms with Crippen molar-refractivity contribution in [2.75, 3.05) is 6.54 Å². The third kappa shape index (κ3) is 4.18. The fourth-order valence-electron chi connectivity index (χ4n) is 2.04. The van der Waals surface area contributed by atoms with E-state index in [1.807, 2.05) is 29.8 Å². The molecule has 0 aliphatic heterocycles. The van der Waals surface area contributed by atoms with E-state index in [0.717, 1.165) is 22.2 Å². The lowest BCUT2D eigenvalue weighted by atomic mass is 10.2. The summed E-state index contributed by atoms with van der Waals surface area (Å²) in [5, 5.41) is 8.32. The van der Waals surface area contributed by atoms with Crippen LogP contribution in [-0.4, -0.2) is 17.4 Å². The molecule has 7 heteroatoms. The Morgan fingerprint density at radius 1 is 1.28 bits per heavy atom. The van der Waals surface area contributed by atoms with Crippen LogP contribution in [0.2, 0.25) is 0 Å². The van der Waals surface area contributed by atoms with Gasteiger partial charge in [0.2, 0.25) is 4.80 Å². The van der Waals surface area contributed by atoms with E-state index in [-0.39, 0.29) is 5.56 Å². The van der Waals surface area contributed by atoms with Gasteiger partial charge in [0, 0.05) is 17.0 Å². The van der Waals surface area contributed by atoms with Crippen molar-refractivity contribution >= 4 is 28.9 Å². The maximum Gasteiger partial charge on any atom is 0.206 e. The SMILES string of the molecule is C=C(C)CN=c1scc(-c2cccs2)n1N=Cc1ccc(F)cc1F. The van der Waals surface area contributed by atoms with Crippen molar-refractivity contribution < 1.29 is 8.78 Å². The van der Waals surface area contributed by atoms with Crippen molar-refractivity contribution in [3.63, 3.8) is 0 Å². The Morgan fingerprint density at radius 3 is 2.80 bits per heavy atom. The molecule has 1 aromatic carbocycles. The third-order valence-electron chi connectivity index (χ3n) is 3.22. The van der Waals surface area contributed by atoms with E-state index < -0.39 is 11.6 Å². The van der Waals surface area contributed by atoms with Crippen molar-refractivity contribution in [3.05, 3.63) is 75.2 Å². The first-order valence-corrected chi connectivity index (χ1v) is 9.19. The topological polar surface area (TPSA) is 29.6 Å². The smallest absolute Gasteiger partial charge is 0.206 e. The Morgan fingerprint density at radius 2 is 2.12 bits per heavy atom. The van der Waals surface area contributed by atoms with Crippen LogP contribution < -0.4 is 4.80 Å². The highest BCUT2D eigenvalue weighted by molar-refractivity contribution is 7.14. The molecule has 2 aromatic heterocycles. The molecule has 0 radical (unpaired) electrons. The molecule has 3 nitrogen and oxygen atoms in total. The molecule has 0 saturated carbocycles. The van der Waals surface area contributed by atoms with E-state index in [1.165, 1.54) is 29.7 Å². The summed E-state index contributed by atoms with van der Waals surface area (Å²) in [4.78, 5) is 6.22. The molecule has 0 bridgehead atoms. The van der Waals surface area contributed by atoms with Crippen molar-refractivity contribution in [2.24, 2.45) is 10.1 Å². The number of hydrogen-bond donors (Lipinski definition) is 0. The molecule has 0 spiro atoms. The van der Waals surface area contributed by atoms with Gasteiger partial charge in [-0.15, -0.1) is 22.7 Å². The Kier molecular flexibility index (Phi) is 5.35. The molecule has 2 heterocycles. The van der Waals surface area contributed by atoms with Crippen LogP contribution in [0, 0.1) is 11.6 Å². The number of rotatable bonds is 5. The minimum atomic E-state index is -0.655. The third-order valence-corrected chi connectivity index (χ3v) is 4.96. The predicted octanol–water partition coefficient (Wildman–Crippen LogP) is 4.92. The number of thiophene rings is 1. The van der Waals surface area contributed by atoms with Gasteiger partial charge in [-0.25, -0.2) is 13.5 Å². The molecule has 128 valence electrons. The molecule has 0 fully saturated rings. The van der Waals surface area contributed by atoms with Gasteiger partial charge in [0.05, 0.1) is 23.3 Å². The van der Waals surface area contributed by atoms with Gasteiger partial charge in [-0.2, -0.15) is 5.10 Å². The number of aromatic nitrogens is 1. The van der Waals surface area contributed by atoms with E-state index in [1.54, 1.807) is 16.0 Å². The summed E-state index contributed by atoms with van der Waals surface area (Å²) >= 11 is 3.04. The standard InChI is InChI=1S/C18H15F2N3S2/c1-12(2)9-21-18-23(16(11-25-18)17-4-3-7-24-17)22-10-13-5-6-14(19)8-15(13)20/h3-8,10-11H,1,9H2,2H3. The monoisotopic (exact) mass is 375 g/mol. The molecular weight excluding hydrogens is 360 g/mol. The normalized spacial score (nSPS) is 12.2. The zero-order chi connectivity index (χ0) is 17.8.